The normalized spacial score (nSPS) is 18.2. The minimum Gasteiger partial charge on any atom is -0.223 e. The quantitative estimate of drug-likeness (QED) is 0.618. The van der Waals surface area contributed by atoms with E-state index in [0.29, 0.717) is 0 Å². The smallest absolute Gasteiger partial charge is 0.223 e. The Bertz CT molecular complexity index is 675. The van der Waals surface area contributed by atoms with Crippen LogP contribution in [0.25, 0.3) is 0 Å². The van der Waals surface area contributed by atoms with Crippen molar-refractivity contribution in [2.24, 2.45) is 10.2 Å². The van der Waals surface area contributed by atoms with Crippen molar-refractivity contribution in [3.63, 3.8) is 0 Å². The van der Waals surface area contributed by atoms with Gasteiger partial charge in [-0.25, -0.2) is 13.6 Å². The predicted molar refractivity (Wildman–Crippen MR) is 56.4 cm³/mol. The fraction of sp³-hybridized carbons (Fsp3) is 0. The van der Waals surface area contributed by atoms with Crippen LogP contribution in [0.3, 0.4) is 0 Å². The number of nitrogens with one attached hydrogen (secondary N) is 1. The zero-order valence-corrected chi connectivity index (χ0v) is 9.42. The highest BCUT2D eigenvalue weighted by Crippen LogP contribution is 2.21. The highest BCUT2D eigenvalue weighted by atomic mass is 32.2. The first-order valence-electron chi connectivity index (χ1n) is 4.04. The molecule has 0 amide bonds. The predicted octanol–water partition coefficient (Wildman–Crippen LogP) is -1.07. The van der Waals surface area contributed by atoms with E-state index in [0.717, 1.165) is 0 Å². The lowest BCUT2D eigenvalue weighted by Gasteiger charge is -2.15. The summed E-state index contributed by atoms with van der Waals surface area (Å²) in [6, 6.07) is 5.58. The lowest BCUT2D eigenvalue weighted by Crippen LogP contribution is -2.34. The highest BCUT2D eigenvalue weighted by Gasteiger charge is 2.30. The van der Waals surface area contributed by atoms with Crippen LogP contribution < -0.4 is 9.97 Å². The summed E-state index contributed by atoms with van der Waals surface area (Å²) in [6.45, 7) is 0. The van der Waals surface area contributed by atoms with Crippen LogP contribution >= 0.6 is 0 Å². The summed E-state index contributed by atoms with van der Waals surface area (Å²) >= 11 is 0. The number of nitrogens with zero attached hydrogens (tertiary/aromatic N) is 1. The molecule has 3 N–H and O–H groups in total. The maximum absolute atomic E-state index is 11.5. The zero-order valence-electron chi connectivity index (χ0n) is 7.78. The molecule has 2 rings (SSSR count). The largest absolute Gasteiger partial charge is 0.277 e. The van der Waals surface area contributed by atoms with Gasteiger partial charge in [0.2, 0.25) is 0 Å². The Labute approximate surface area is 92.1 Å². The standard InChI is InChI=1S/C7H7N3O4S2/c8-15(11,12)7-5-3-1-2-4-6(5)16(13,14)10-9-7/h1-4,10H,(H2,8,11,12). The first-order chi connectivity index (χ1) is 7.32. The van der Waals surface area contributed by atoms with E-state index in [4.69, 9.17) is 5.14 Å². The first-order valence-corrected chi connectivity index (χ1v) is 7.07. The van der Waals surface area contributed by atoms with Crippen LogP contribution in [0.2, 0.25) is 0 Å². The summed E-state index contributed by atoms with van der Waals surface area (Å²) in [5.41, 5.74) is -0.0243. The Morgan fingerprint density at radius 2 is 1.88 bits per heavy atom. The Morgan fingerprint density at radius 1 is 1.25 bits per heavy atom. The molecule has 1 aromatic carbocycles. The third kappa shape index (κ3) is 1.68. The molecule has 7 nitrogen and oxygen atoms in total. The van der Waals surface area contributed by atoms with Gasteiger partial charge in [-0.1, -0.05) is 18.2 Å². The van der Waals surface area contributed by atoms with Gasteiger partial charge >= 0.3 is 0 Å². The molecule has 0 fully saturated rings. The summed E-state index contributed by atoms with van der Waals surface area (Å²) in [4.78, 5) is 1.61. The molecule has 1 heterocycles. The van der Waals surface area contributed by atoms with Gasteiger partial charge in [0.1, 0.15) is 0 Å². The Balaban J connectivity index is 2.81. The summed E-state index contributed by atoms with van der Waals surface area (Å²) in [6.07, 6.45) is 0. The molecule has 0 saturated heterocycles. The molecule has 0 atom stereocenters. The molecular formula is C7H7N3O4S2. The van der Waals surface area contributed by atoms with Crippen molar-refractivity contribution < 1.29 is 16.8 Å². The fourth-order valence-corrected chi connectivity index (χ4v) is 3.11. The lowest BCUT2D eigenvalue weighted by molar-refractivity contribution is 0.582. The summed E-state index contributed by atoms with van der Waals surface area (Å²) in [7, 11) is -7.86. The molecule has 0 aliphatic carbocycles. The molecule has 0 spiro atoms. The monoisotopic (exact) mass is 261 g/mol. The van der Waals surface area contributed by atoms with Crippen molar-refractivity contribution in [1.82, 2.24) is 4.83 Å². The van der Waals surface area contributed by atoms with Crippen LogP contribution in [0, 0.1) is 0 Å². The molecule has 1 aliphatic rings. The van der Waals surface area contributed by atoms with E-state index in [1.54, 1.807) is 4.83 Å². The second kappa shape index (κ2) is 3.27. The second-order valence-electron chi connectivity index (χ2n) is 3.05. The fourth-order valence-electron chi connectivity index (χ4n) is 1.31. The van der Waals surface area contributed by atoms with Gasteiger partial charge in [-0.15, -0.1) is 0 Å². The van der Waals surface area contributed by atoms with Crippen molar-refractivity contribution in [2.75, 3.05) is 0 Å². The van der Waals surface area contributed by atoms with Crippen molar-refractivity contribution >= 4 is 25.1 Å². The van der Waals surface area contributed by atoms with Gasteiger partial charge in [-0.2, -0.15) is 18.4 Å². The molecule has 0 saturated carbocycles. The van der Waals surface area contributed by atoms with Gasteiger partial charge in [0.05, 0.1) is 4.90 Å². The summed E-state index contributed by atoms with van der Waals surface area (Å²) in [5.74, 6) is 0. The molecule has 0 aromatic heterocycles. The number of nitrogens with two attached hydrogens (primary N) is 1. The van der Waals surface area contributed by atoms with E-state index in [1.807, 2.05) is 0 Å². The number of hydrogen-bond acceptors (Lipinski definition) is 5. The average Bonchev–Trinajstić information content (AvgIpc) is 2.16. The molecule has 0 radical (unpaired) electrons. The molecular weight excluding hydrogens is 254 g/mol. The van der Waals surface area contributed by atoms with Gasteiger partial charge in [-0.3, -0.25) is 0 Å². The number of hydrazone groups is 1. The molecule has 1 aromatic rings. The topological polar surface area (TPSA) is 119 Å². The Hall–Kier alpha value is -1.45. The van der Waals surface area contributed by atoms with Crippen molar-refractivity contribution in [2.45, 2.75) is 4.90 Å². The van der Waals surface area contributed by atoms with Crippen molar-refractivity contribution in [3.05, 3.63) is 29.8 Å². The number of fused-ring (bicyclic) bond motifs is 1. The number of hydrogen-bond donors (Lipinski definition) is 2. The van der Waals surface area contributed by atoms with Crippen LogP contribution in [-0.4, -0.2) is 21.9 Å². The average molecular weight is 261 g/mol. The van der Waals surface area contributed by atoms with E-state index < -0.39 is 25.1 Å². The van der Waals surface area contributed by atoms with Gasteiger partial charge in [0, 0.05) is 5.56 Å². The third-order valence-corrected chi connectivity index (χ3v) is 4.06. The number of benzene rings is 1. The van der Waals surface area contributed by atoms with Crippen molar-refractivity contribution in [1.29, 1.82) is 0 Å². The third-order valence-electron chi connectivity index (χ3n) is 1.94. The van der Waals surface area contributed by atoms with Crippen molar-refractivity contribution in [3.8, 4) is 0 Å². The minimum absolute atomic E-state index is 0.0243. The van der Waals surface area contributed by atoms with Crippen LogP contribution in [0.15, 0.2) is 34.3 Å². The maximum atomic E-state index is 11.5. The number of sulfonamides is 2. The summed E-state index contributed by atoms with van der Waals surface area (Å²) in [5, 5.41) is 7.69. The number of rotatable bonds is 0. The molecule has 0 bridgehead atoms. The van der Waals surface area contributed by atoms with E-state index in [9.17, 15) is 16.8 Å². The van der Waals surface area contributed by atoms with Crippen LogP contribution in [0.1, 0.15) is 5.56 Å². The second-order valence-corrected chi connectivity index (χ2v) is 6.16. The van der Waals surface area contributed by atoms with Gasteiger partial charge in [0.25, 0.3) is 20.0 Å². The Morgan fingerprint density at radius 3 is 2.50 bits per heavy atom. The Kier molecular flexibility index (Phi) is 2.26. The van der Waals surface area contributed by atoms with Gasteiger partial charge in [0.15, 0.2) is 5.04 Å². The van der Waals surface area contributed by atoms with Crippen LogP contribution in [0.5, 0.6) is 0 Å². The first kappa shape index (κ1) is 11.0. The zero-order chi connectivity index (χ0) is 12.0. The molecule has 16 heavy (non-hydrogen) atoms. The maximum Gasteiger partial charge on any atom is 0.277 e. The van der Waals surface area contributed by atoms with E-state index in [-0.39, 0.29) is 10.5 Å². The van der Waals surface area contributed by atoms with E-state index in [1.165, 1.54) is 24.3 Å². The summed E-state index contributed by atoms with van der Waals surface area (Å²) < 4.78 is 45.3. The molecule has 86 valence electrons. The molecule has 0 unspecified atom stereocenters. The molecule has 9 heteroatoms. The van der Waals surface area contributed by atoms with Crippen LogP contribution in [-0.2, 0) is 20.0 Å². The highest BCUT2D eigenvalue weighted by molar-refractivity contribution is 8.05. The minimum atomic E-state index is -4.07. The number of primary sulfonamides is 1. The van der Waals surface area contributed by atoms with Gasteiger partial charge < -0.3 is 0 Å². The lowest BCUT2D eigenvalue weighted by atomic mass is 10.2. The van der Waals surface area contributed by atoms with Crippen LogP contribution in [0.4, 0.5) is 0 Å². The van der Waals surface area contributed by atoms with E-state index >= 15 is 0 Å². The van der Waals surface area contributed by atoms with Gasteiger partial charge in [-0.05, 0) is 6.07 Å². The molecule has 1 aliphatic heterocycles. The van der Waals surface area contributed by atoms with E-state index in [2.05, 4.69) is 5.10 Å². The SMILES string of the molecule is NS(=O)(=O)C1=NNS(=O)(=O)c2ccccc21.